The van der Waals surface area contributed by atoms with E-state index < -0.39 is 8.60 Å². The van der Waals surface area contributed by atoms with Crippen LogP contribution in [0.2, 0.25) is 45.6 Å². The molecule has 0 saturated heterocycles. The van der Waals surface area contributed by atoms with Gasteiger partial charge in [0.15, 0.2) is 0 Å². The minimum Gasteiger partial charge on any atom is -0.328 e. The Labute approximate surface area is 223 Å². The van der Waals surface area contributed by atoms with Crippen molar-refractivity contribution in [1.82, 2.24) is 15.0 Å². The van der Waals surface area contributed by atoms with Crippen molar-refractivity contribution in [1.29, 1.82) is 0 Å². The van der Waals surface area contributed by atoms with Gasteiger partial charge in [-0.3, -0.25) is 0 Å². The molecule has 0 aliphatic heterocycles. The standard InChI is InChI=1S/3C5H2Cl3N.H3O3P/c3*6-3-1-4(7)5(8)9-2-3;1-4(2)3/h3*1-2H;1-3H. The lowest BCUT2D eigenvalue weighted by Gasteiger charge is -1.91. The molecule has 16 heteroatoms. The van der Waals surface area contributed by atoms with E-state index in [4.69, 9.17) is 119 Å². The van der Waals surface area contributed by atoms with E-state index >= 15 is 0 Å². The minimum absolute atomic E-state index is 0.279. The first kappa shape index (κ1) is 31.4. The van der Waals surface area contributed by atoms with Crippen LogP contribution in [0.5, 0.6) is 0 Å². The fourth-order valence-electron chi connectivity index (χ4n) is 1.19. The second kappa shape index (κ2) is 16.9. The number of hydrogen-bond donors (Lipinski definition) is 3. The summed E-state index contributed by atoms with van der Waals surface area (Å²) in [7, 11) is -2.62. The van der Waals surface area contributed by atoms with Crippen LogP contribution in [-0.4, -0.2) is 29.6 Å². The van der Waals surface area contributed by atoms with Crippen LogP contribution in [0.1, 0.15) is 0 Å². The van der Waals surface area contributed by atoms with Gasteiger partial charge in [-0.1, -0.05) is 104 Å². The summed E-state index contributed by atoms with van der Waals surface area (Å²) in [6.45, 7) is 0. The van der Waals surface area contributed by atoms with E-state index in [2.05, 4.69) is 15.0 Å². The van der Waals surface area contributed by atoms with Crippen molar-refractivity contribution >= 4 is 113 Å². The molecule has 0 fully saturated rings. The Hall–Kier alpha value is 0.370. The van der Waals surface area contributed by atoms with Crippen LogP contribution >= 0.6 is 113 Å². The zero-order chi connectivity index (χ0) is 24.1. The largest absolute Gasteiger partial charge is 0.328 e. The Morgan fingerprint density at radius 3 is 0.806 bits per heavy atom. The van der Waals surface area contributed by atoms with Gasteiger partial charge in [-0.05, 0) is 18.2 Å². The Bertz CT molecular complexity index is 850. The molecule has 0 aliphatic carbocycles. The number of hydrogen-bond acceptors (Lipinski definition) is 6. The van der Waals surface area contributed by atoms with Crippen molar-refractivity contribution in [2.45, 2.75) is 0 Å². The van der Waals surface area contributed by atoms with Gasteiger partial charge in [0, 0.05) is 18.6 Å². The van der Waals surface area contributed by atoms with Crippen LogP contribution < -0.4 is 0 Å². The summed E-state index contributed by atoms with van der Waals surface area (Å²) in [4.78, 5) is 32.7. The second-order valence-corrected chi connectivity index (χ2v) is 8.69. The van der Waals surface area contributed by atoms with Gasteiger partial charge < -0.3 is 14.7 Å². The number of halogens is 9. The highest BCUT2D eigenvalue weighted by Gasteiger charge is 1.98. The SMILES string of the molecule is Clc1cnc(Cl)c(Cl)c1.Clc1cnc(Cl)c(Cl)c1.Clc1cnc(Cl)c(Cl)c1.OP(O)O. The van der Waals surface area contributed by atoms with Gasteiger partial charge in [0.1, 0.15) is 15.5 Å². The normalized spacial score (nSPS) is 9.58. The first-order valence-corrected chi connectivity index (χ1v) is 11.7. The molecule has 0 amide bonds. The van der Waals surface area contributed by atoms with Crippen molar-refractivity contribution in [3.05, 3.63) is 82.4 Å². The van der Waals surface area contributed by atoms with Crippen LogP contribution in [-0.2, 0) is 0 Å². The third-order valence-corrected chi connectivity index (χ3v) is 4.97. The lowest BCUT2D eigenvalue weighted by atomic mass is 10.5. The first-order chi connectivity index (χ1) is 14.3. The van der Waals surface area contributed by atoms with Crippen molar-refractivity contribution in [3.8, 4) is 0 Å². The smallest absolute Gasteiger partial charge is 0.324 e. The summed E-state index contributed by atoms with van der Waals surface area (Å²) in [5, 5.41) is 3.44. The molecule has 0 atom stereocenters. The lowest BCUT2D eigenvalue weighted by Crippen LogP contribution is -1.74. The molecule has 0 aromatic carbocycles. The van der Waals surface area contributed by atoms with Gasteiger partial charge in [0.2, 0.25) is 0 Å². The highest BCUT2D eigenvalue weighted by molar-refractivity contribution is 7.38. The molecule has 0 bridgehead atoms. The molecular weight excluding hydrogens is 620 g/mol. The maximum Gasteiger partial charge on any atom is 0.324 e. The Kier molecular flexibility index (Phi) is 17.1. The topological polar surface area (TPSA) is 99.4 Å². The van der Waals surface area contributed by atoms with E-state index in [0.717, 1.165) is 0 Å². The van der Waals surface area contributed by atoms with Crippen LogP contribution in [0.25, 0.3) is 0 Å². The van der Waals surface area contributed by atoms with Gasteiger partial charge in [-0.25, -0.2) is 15.0 Å². The van der Waals surface area contributed by atoms with Crippen molar-refractivity contribution < 1.29 is 14.7 Å². The van der Waals surface area contributed by atoms with E-state index in [1.54, 1.807) is 18.2 Å². The number of pyridine rings is 3. The van der Waals surface area contributed by atoms with Crippen molar-refractivity contribution in [2.24, 2.45) is 0 Å². The average Bonchev–Trinajstić information content (AvgIpc) is 2.66. The highest BCUT2D eigenvalue weighted by atomic mass is 35.5. The van der Waals surface area contributed by atoms with E-state index in [9.17, 15) is 0 Å². The predicted molar refractivity (Wildman–Crippen MR) is 131 cm³/mol. The van der Waals surface area contributed by atoms with Gasteiger partial charge in [-0.2, -0.15) is 0 Å². The Morgan fingerprint density at radius 2 is 0.677 bits per heavy atom. The summed E-state index contributed by atoms with van der Waals surface area (Å²) < 4.78 is 0. The van der Waals surface area contributed by atoms with Crippen molar-refractivity contribution in [2.75, 3.05) is 0 Å². The second-order valence-electron chi connectivity index (χ2n) is 4.55. The summed E-state index contributed by atoms with van der Waals surface area (Å²) in [5.74, 6) is 0. The number of aromatic nitrogens is 3. The molecular formula is C15H9Cl9N3O3P. The highest BCUT2D eigenvalue weighted by Crippen LogP contribution is 2.23. The van der Waals surface area contributed by atoms with Gasteiger partial charge in [-0.15, -0.1) is 0 Å². The average molecular weight is 629 g/mol. The summed E-state index contributed by atoms with van der Waals surface area (Å²) >= 11 is 49.6. The fraction of sp³-hybridized carbons (Fsp3) is 0. The molecule has 170 valence electrons. The van der Waals surface area contributed by atoms with E-state index in [0.29, 0.717) is 30.1 Å². The first-order valence-electron chi connectivity index (χ1n) is 7.09. The zero-order valence-corrected chi connectivity index (χ0v) is 22.2. The predicted octanol–water partition coefficient (Wildman–Crippen LogP) is 8.32. The maximum absolute atomic E-state index is 7.23. The molecule has 0 spiro atoms. The Balaban J connectivity index is 0.000000402. The molecule has 0 radical (unpaired) electrons. The third kappa shape index (κ3) is 15.8. The monoisotopic (exact) mass is 625 g/mol. The summed E-state index contributed by atoms with van der Waals surface area (Å²) in [6.07, 6.45) is 4.32. The van der Waals surface area contributed by atoms with Crippen LogP contribution in [0.3, 0.4) is 0 Å². The quantitative estimate of drug-likeness (QED) is 0.171. The maximum atomic E-state index is 7.23. The molecule has 3 heterocycles. The Morgan fingerprint density at radius 1 is 0.484 bits per heavy atom. The zero-order valence-electron chi connectivity index (χ0n) is 14.5. The minimum atomic E-state index is -2.62. The van der Waals surface area contributed by atoms with Crippen LogP contribution in [0.4, 0.5) is 0 Å². The van der Waals surface area contributed by atoms with E-state index in [1.165, 1.54) is 18.6 Å². The lowest BCUT2D eigenvalue weighted by molar-refractivity contribution is 0.368. The molecule has 0 saturated carbocycles. The molecule has 0 aliphatic rings. The summed E-state index contributed by atoms with van der Waals surface area (Å²) in [5.41, 5.74) is 0. The van der Waals surface area contributed by atoms with Gasteiger partial charge >= 0.3 is 8.60 Å². The molecule has 3 aromatic rings. The van der Waals surface area contributed by atoms with Crippen LogP contribution in [0, 0.1) is 0 Å². The molecule has 6 nitrogen and oxygen atoms in total. The summed E-state index contributed by atoms with van der Waals surface area (Å²) in [6, 6.07) is 4.62. The fourth-order valence-corrected chi connectivity index (χ4v) is 2.64. The molecule has 3 N–H and O–H groups in total. The van der Waals surface area contributed by atoms with Crippen molar-refractivity contribution in [3.63, 3.8) is 0 Å². The van der Waals surface area contributed by atoms with Crippen LogP contribution in [0.15, 0.2) is 36.8 Å². The number of nitrogens with zero attached hydrogens (tertiary/aromatic N) is 3. The molecule has 3 rings (SSSR count). The number of rotatable bonds is 0. The molecule has 0 unspecified atom stereocenters. The van der Waals surface area contributed by atoms with Gasteiger partial charge in [0.25, 0.3) is 0 Å². The van der Waals surface area contributed by atoms with Gasteiger partial charge in [0.05, 0.1) is 30.1 Å². The molecule has 3 aromatic heterocycles. The molecule has 31 heavy (non-hydrogen) atoms. The van der Waals surface area contributed by atoms with E-state index in [-0.39, 0.29) is 15.5 Å². The van der Waals surface area contributed by atoms with E-state index in [1.807, 2.05) is 0 Å². The third-order valence-electron chi connectivity index (χ3n) is 2.29.